The van der Waals surface area contributed by atoms with Crippen LogP contribution >= 0.6 is 0 Å². The first kappa shape index (κ1) is 12.9. The molecule has 0 fully saturated rings. The van der Waals surface area contributed by atoms with Gasteiger partial charge in [-0.3, -0.25) is 0 Å². The lowest BCUT2D eigenvalue weighted by molar-refractivity contribution is 0.618. The minimum atomic E-state index is 0.307. The Balaban J connectivity index is 2.05. The lowest BCUT2D eigenvalue weighted by Crippen LogP contribution is -2.00. The molecule has 0 bridgehead atoms. The third kappa shape index (κ3) is 1.79. The molecule has 0 saturated heterocycles. The molecule has 3 heterocycles. The predicted molar refractivity (Wildman–Crippen MR) is 89.6 cm³/mol. The van der Waals surface area contributed by atoms with Gasteiger partial charge in [0, 0.05) is 29.5 Å². The number of H-pyrrole nitrogens is 1. The zero-order valence-electron chi connectivity index (χ0n) is 12.5. The number of fused-ring (bicyclic) bond motifs is 2. The van der Waals surface area contributed by atoms with Gasteiger partial charge in [-0.15, -0.1) is 0 Å². The van der Waals surface area contributed by atoms with Gasteiger partial charge in [0.05, 0.1) is 5.39 Å². The molecule has 0 amide bonds. The van der Waals surface area contributed by atoms with E-state index in [0.29, 0.717) is 11.9 Å². The highest BCUT2D eigenvalue weighted by molar-refractivity contribution is 6.02. The van der Waals surface area contributed by atoms with Gasteiger partial charge < -0.3 is 15.3 Å². The number of benzene rings is 1. The Morgan fingerprint density at radius 1 is 1.18 bits per heavy atom. The second kappa shape index (κ2) is 4.59. The predicted octanol–water partition coefficient (Wildman–Crippen LogP) is 3.74. The highest BCUT2D eigenvalue weighted by atomic mass is 15.1. The van der Waals surface area contributed by atoms with Crippen LogP contribution in [-0.2, 0) is 0 Å². The maximum atomic E-state index is 6.13. The molecule has 4 aromatic rings. The number of anilines is 1. The second-order valence-corrected chi connectivity index (χ2v) is 5.78. The number of nitrogens with one attached hydrogen (secondary N) is 1. The second-order valence-electron chi connectivity index (χ2n) is 5.78. The maximum Gasteiger partial charge on any atom is 0.146 e. The molecule has 0 radical (unpaired) electrons. The molecule has 3 N–H and O–H groups in total. The quantitative estimate of drug-likeness (QED) is 0.591. The fraction of sp³-hybridized carbons (Fsp3) is 0.176. The molecule has 4 rings (SSSR count). The summed E-state index contributed by atoms with van der Waals surface area (Å²) >= 11 is 0. The van der Waals surface area contributed by atoms with E-state index in [1.165, 1.54) is 11.7 Å². The molecular weight excluding hydrogens is 274 g/mol. The van der Waals surface area contributed by atoms with Crippen molar-refractivity contribution in [2.75, 3.05) is 5.73 Å². The highest BCUT2D eigenvalue weighted by Gasteiger charge is 2.16. The molecule has 0 aliphatic rings. The molecule has 110 valence electrons. The van der Waals surface area contributed by atoms with Gasteiger partial charge in [0.2, 0.25) is 0 Å². The van der Waals surface area contributed by atoms with Crippen molar-refractivity contribution in [2.45, 2.75) is 19.9 Å². The molecule has 0 aliphatic heterocycles. The number of aromatic nitrogens is 4. The molecule has 22 heavy (non-hydrogen) atoms. The standard InChI is InChI=1S/C17H17N5/c1-10(2)22-8-13(15-16(18)20-9-21-17(15)22)11-3-4-14-12(7-11)5-6-19-14/h3-10,19H,1-2H3,(H2,18,20,21). The first-order valence-electron chi connectivity index (χ1n) is 7.33. The van der Waals surface area contributed by atoms with Gasteiger partial charge >= 0.3 is 0 Å². The van der Waals surface area contributed by atoms with Gasteiger partial charge in [-0.05, 0) is 43.0 Å². The molecule has 0 aliphatic carbocycles. The van der Waals surface area contributed by atoms with Gasteiger partial charge in [0.15, 0.2) is 0 Å². The Morgan fingerprint density at radius 2 is 2.05 bits per heavy atom. The topological polar surface area (TPSA) is 72.5 Å². The van der Waals surface area contributed by atoms with Crippen LogP contribution in [0.2, 0.25) is 0 Å². The van der Waals surface area contributed by atoms with Crippen LogP contribution < -0.4 is 5.73 Å². The van der Waals surface area contributed by atoms with Crippen molar-refractivity contribution in [2.24, 2.45) is 0 Å². The van der Waals surface area contributed by atoms with E-state index < -0.39 is 0 Å². The zero-order valence-corrected chi connectivity index (χ0v) is 12.5. The summed E-state index contributed by atoms with van der Waals surface area (Å²) in [4.78, 5) is 11.8. The molecule has 0 saturated carbocycles. The lowest BCUT2D eigenvalue weighted by Gasteiger charge is -2.07. The van der Waals surface area contributed by atoms with Gasteiger partial charge in [-0.2, -0.15) is 0 Å². The summed E-state index contributed by atoms with van der Waals surface area (Å²) in [5, 5.41) is 2.10. The molecule has 5 nitrogen and oxygen atoms in total. The lowest BCUT2D eigenvalue weighted by atomic mass is 10.0. The smallest absolute Gasteiger partial charge is 0.146 e. The molecule has 0 spiro atoms. The maximum absolute atomic E-state index is 6.13. The highest BCUT2D eigenvalue weighted by Crippen LogP contribution is 2.35. The fourth-order valence-corrected chi connectivity index (χ4v) is 2.94. The Hall–Kier alpha value is -2.82. The summed E-state index contributed by atoms with van der Waals surface area (Å²) in [5.74, 6) is 0.522. The van der Waals surface area contributed by atoms with Crippen molar-refractivity contribution in [1.29, 1.82) is 0 Å². The summed E-state index contributed by atoms with van der Waals surface area (Å²) in [6, 6.07) is 8.73. The van der Waals surface area contributed by atoms with Gasteiger partial charge in [-0.1, -0.05) is 6.07 Å². The normalized spacial score (nSPS) is 11.8. The first-order valence-corrected chi connectivity index (χ1v) is 7.33. The molecule has 0 unspecified atom stereocenters. The van der Waals surface area contributed by atoms with Crippen LogP contribution in [0, 0.1) is 0 Å². The van der Waals surface area contributed by atoms with Crippen LogP contribution in [0.3, 0.4) is 0 Å². The Labute approximate surface area is 127 Å². The van der Waals surface area contributed by atoms with Crippen molar-refractivity contribution in [3.63, 3.8) is 0 Å². The van der Waals surface area contributed by atoms with E-state index in [1.54, 1.807) is 0 Å². The summed E-state index contributed by atoms with van der Waals surface area (Å²) in [6.45, 7) is 4.27. The summed E-state index contributed by atoms with van der Waals surface area (Å²) in [7, 11) is 0. The van der Waals surface area contributed by atoms with Crippen molar-refractivity contribution in [3.05, 3.63) is 43.0 Å². The third-order valence-corrected chi connectivity index (χ3v) is 4.06. The largest absolute Gasteiger partial charge is 0.383 e. The third-order valence-electron chi connectivity index (χ3n) is 4.06. The SMILES string of the molecule is CC(C)n1cc(-c2ccc3[nH]ccc3c2)c2c(N)ncnc21. The van der Waals surface area contributed by atoms with Crippen LogP contribution in [0.4, 0.5) is 5.82 Å². The van der Waals surface area contributed by atoms with Gasteiger partial charge in [-0.25, -0.2) is 9.97 Å². The van der Waals surface area contributed by atoms with E-state index in [2.05, 4.69) is 63.8 Å². The van der Waals surface area contributed by atoms with E-state index >= 15 is 0 Å². The van der Waals surface area contributed by atoms with Crippen LogP contribution in [0.5, 0.6) is 0 Å². The van der Waals surface area contributed by atoms with E-state index in [0.717, 1.165) is 27.7 Å². The number of hydrogen-bond donors (Lipinski definition) is 2. The van der Waals surface area contributed by atoms with Gasteiger partial charge in [0.1, 0.15) is 17.8 Å². The molecule has 5 heteroatoms. The summed E-state index contributed by atoms with van der Waals surface area (Å²) in [6.07, 6.45) is 5.59. The van der Waals surface area contributed by atoms with E-state index in [4.69, 9.17) is 5.73 Å². The number of hydrogen-bond acceptors (Lipinski definition) is 3. The number of nitrogens with two attached hydrogens (primary N) is 1. The Bertz CT molecular complexity index is 977. The van der Waals surface area contributed by atoms with Crippen LogP contribution in [0.1, 0.15) is 19.9 Å². The molecular formula is C17H17N5. The van der Waals surface area contributed by atoms with E-state index in [-0.39, 0.29) is 0 Å². The summed E-state index contributed by atoms with van der Waals surface area (Å²) < 4.78 is 2.14. The average Bonchev–Trinajstić information content (AvgIpc) is 3.11. The monoisotopic (exact) mass is 291 g/mol. The fourth-order valence-electron chi connectivity index (χ4n) is 2.94. The van der Waals surface area contributed by atoms with Gasteiger partial charge in [0.25, 0.3) is 0 Å². The molecule has 1 aromatic carbocycles. The van der Waals surface area contributed by atoms with E-state index in [9.17, 15) is 0 Å². The van der Waals surface area contributed by atoms with Crippen molar-refractivity contribution >= 4 is 27.8 Å². The first-order chi connectivity index (χ1) is 10.6. The minimum absolute atomic E-state index is 0.307. The van der Waals surface area contributed by atoms with Crippen molar-refractivity contribution in [3.8, 4) is 11.1 Å². The van der Waals surface area contributed by atoms with E-state index in [1.807, 2.05) is 6.20 Å². The number of nitrogen functional groups attached to an aromatic ring is 1. The average molecular weight is 291 g/mol. The van der Waals surface area contributed by atoms with Crippen LogP contribution in [0.15, 0.2) is 43.0 Å². The number of nitrogens with zero attached hydrogens (tertiary/aromatic N) is 3. The van der Waals surface area contributed by atoms with Crippen LogP contribution in [0.25, 0.3) is 33.1 Å². The summed E-state index contributed by atoms with van der Waals surface area (Å²) in [5.41, 5.74) is 10.3. The Morgan fingerprint density at radius 3 is 2.86 bits per heavy atom. The van der Waals surface area contributed by atoms with Crippen LogP contribution in [-0.4, -0.2) is 19.5 Å². The minimum Gasteiger partial charge on any atom is -0.383 e. The molecule has 3 aromatic heterocycles. The zero-order chi connectivity index (χ0) is 15.3. The number of aromatic amines is 1. The molecule has 0 atom stereocenters. The van der Waals surface area contributed by atoms with Crippen molar-refractivity contribution < 1.29 is 0 Å². The van der Waals surface area contributed by atoms with Crippen molar-refractivity contribution in [1.82, 2.24) is 19.5 Å². The number of rotatable bonds is 2. The Kier molecular flexibility index (Phi) is 2.69.